The van der Waals surface area contributed by atoms with Crippen molar-refractivity contribution in [1.29, 1.82) is 0 Å². The van der Waals surface area contributed by atoms with E-state index >= 15 is 0 Å². The number of non-ortho nitro benzene ring substituents is 1. The molecular formula is C9H7BrClNO4. The standard InChI is InChI=1S/C9H7BrClNO4/c10-4-6-2-7(12(15)16)1-5(9(6)11)3-8(13)14/h1-2H,3-4H2,(H,13,14). The maximum atomic E-state index is 10.6. The number of aliphatic carboxylic acids is 1. The average molecular weight is 309 g/mol. The molecule has 0 aliphatic carbocycles. The SMILES string of the molecule is O=C(O)Cc1cc([N+](=O)[O-])cc(CBr)c1Cl. The molecule has 7 heteroatoms. The average Bonchev–Trinajstić information content (AvgIpc) is 2.20. The van der Waals surface area contributed by atoms with E-state index in [1.807, 2.05) is 0 Å². The molecule has 1 N–H and O–H groups in total. The van der Waals surface area contributed by atoms with Crippen LogP contribution in [-0.4, -0.2) is 16.0 Å². The number of carboxylic acids is 1. The number of hydrogen-bond donors (Lipinski definition) is 1. The van der Waals surface area contributed by atoms with Gasteiger partial charge in [-0.15, -0.1) is 0 Å². The van der Waals surface area contributed by atoms with E-state index in [0.717, 1.165) is 0 Å². The third-order valence-electron chi connectivity index (χ3n) is 1.90. The summed E-state index contributed by atoms with van der Waals surface area (Å²) in [4.78, 5) is 20.6. The number of alkyl halides is 1. The van der Waals surface area contributed by atoms with E-state index < -0.39 is 10.9 Å². The van der Waals surface area contributed by atoms with Crippen molar-refractivity contribution >= 4 is 39.2 Å². The molecule has 86 valence electrons. The highest BCUT2D eigenvalue weighted by Gasteiger charge is 2.16. The summed E-state index contributed by atoms with van der Waals surface area (Å²) in [5.41, 5.74) is 0.597. The van der Waals surface area contributed by atoms with Crippen LogP contribution in [0, 0.1) is 10.1 Å². The Morgan fingerprint density at radius 2 is 2.06 bits per heavy atom. The van der Waals surface area contributed by atoms with Crippen LogP contribution in [0.25, 0.3) is 0 Å². The lowest BCUT2D eigenvalue weighted by molar-refractivity contribution is -0.385. The molecule has 1 aromatic carbocycles. The smallest absolute Gasteiger partial charge is 0.307 e. The number of nitro groups is 1. The molecule has 0 bridgehead atoms. The summed E-state index contributed by atoms with van der Waals surface area (Å²) < 4.78 is 0. The number of carboxylic acid groups (broad SMARTS) is 1. The zero-order chi connectivity index (χ0) is 12.3. The minimum atomic E-state index is -1.08. The highest BCUT2D eigenvalue weighted by molar-refractivity contribution is 9.08. The van der Waals surface area contributed by atoms with Gasteiger partial charge in [0.1, 0.15) is 0 Å². The lowest BCUT2D eigenvalue weighted by atomic mass is 10.1. The number of nitrogens with zero attached hydrogens (tertiary/aromatic N) is 1. The van der Waals surface area contributed by atoms with Crippen molar-refractivity contribution in [3.63, 3.8) is 0 Å². The first-order valence-electron chi connectivity index (χ1n) is 4.19. The third-order valence-corrected chi connectivity index (χ3v) is 2.99. The van der Waals surface area contributed by atoms with Crippen molar-refractivity contribution in [1.82, 2.24) is 0 Å². The molecule has 0 fully saturated rings. The van der Waals surface area contributed by atoms with Crippen LogP contribution in [-0.2, 0) is 16.5 Å². The Kier molecular flexibility index (Phi) is 4.26. The summed E-state index contributed by atoms with van der Waals surface area (Å²) in [5, 5.41) is 19.9. The number of rotatable bonds is 4. The van der Waals surface area contributed by atoms with E-state index in [4.69, 9.17) is 16.7 Å². The van der Waals surface area contributed by atoms with E-state index in [9.17, 15) is 14.9 Å². The molecule has 0 unspecified atom stereocenters. The number of benzene rings is 1. The van der Waals surface area contributed by atoms with Crippen molar-refractivity contribution in [2.75, 3.05) is 0 Å². The molecule has 1 rings (SSSR count). The van der Waals surface area contributed by atoms with Gasteiger partial charge in [0.15, 0.2) is 0 Å². The van der Waals surface area contributed by atoms with Crippen molar-refractivity contribution in [2.24, 2.45) is 0 Å². The highest BCUT2D eigenvalue weighted by atomic mass is 79.9. The summed E-state index contributed by atoms with van der Waals surface area (Å²) in [6.45, 7) is 0. The minimum absolute atomic E-state index is 0.157. The molecule has 0 atom stereocenters. The van der Waals surface area contributed by atoms with Gasteiger partial charge in [-0.25, -0.2) is 0 Å². The molecule has 16 heavy (non-hydrogen) atoms. The van der Waals surface area contributed by atoms with Gasteiger partial charge >= 0.3 is 5.97 Å². The summed E-state index contributed by atoms with van der Waals surface area (Å²) in [5.74, 6) is -1.08. The van der Waals surface area contributed by atoms with E-state index in [1.54, 1.807) is 0 Å². The quantitative estimate of drug-likeness (QED) is 0.527. The predicted octanol–water partition coefficient (Wildman–Crippen LogP) is 2.77. The van der Waals surface area contributed by atoms with E-state index in [0.29, 0.717) is 10.9 Å². The maximum absolute atomic E-state index is 10.6. The van der Waals surface area contributed by atoms with Gasteiger partial charge in [-0.2, -0.15) is 0 Å². The van der Waals surface area contributed by atoms with Crippen LogP contribution in [0.1, 0.15) is 11.1 Å². The van der Waals surface area contributed by atoms with Crippen molar-refractivity contribution < 1.29 is 14.8 Å². The number of carbonyl (C=O) groups is 1. The predicted molar refractivity (Wildman–Crippen MR) is 62.1 cm³/mol. The molecule has 0 aliphatic rings. The number of halogens is 2. The molecule has 0 spiro atoms. The summed E-state index contributed by atoms with van der Waals surface area (Å²) in [6, 6.07) is 2.51. The molecule has 0 heterocycles. The Morgan fingerprint density at radius 1 is 1.50 bits per heavy atom. The molecule has 0 aromatic heterocycles. The second-order valence-electron chi connectivity index (χ2n) is 3.04. The normalized spacial score (nSPS) is 10.1. The highest BCUT2D eigenvalue weighted by Crippen LogP contribution is 2.29. The summed E-state index contributed by atoms with van der Waals surface area (Å²) in [6.07, 6.45) is -0.333. The maximum Gasteiger partial charge on any atom is 0.307 e. The fraction of sp³-hybridized carbons (Fsp3) is 0.222. The van der Waals surface area contributed by atoms with Crippen molar-refractivity contribution in [2.45, 2.75) is 11.8 Å². The first-order valence-corrected chi connectivity index (χ1v) is 5.69. The fourth-order valence-corrected chi connectivity index (χ4v) is 2.07. The molecule has 0 saturated carbocycles. The molecule has 5 nitrogen and oxygen atoms in total. The Balaban J connectivity index is 3.29. The number of hydrogen-bond acceptors (Lipinski definition) is 3. The molecular weight excluding hydrogens is 301 g/mol. The number of nitro benzene ring substituents is 1. The Bertz CT molecular complexity index is 449. The second kappa shape index (κ2) is 5.27. The summed E-state index contributed by atoms with van der Waals surface area (Å²) >= 11 is 9.05. The molecule has 0 amide bonds. The van der Waals surface area contributed by atoms with Gasteiger partial charge < -0.3 is 5.11 Å². The third kappa shape index (κ3) is 2.93. The lowest BCUT2D eigenvalue weighted by Crippen LogP contribution is -2.03. The first-order chi connectivity index (χ1) is 7.45. The van der Waals surface area contributed by atoms with Gasteiger partial charge in [0.05, 0.1) is 11.3 Å². The zero-order valence-corrected chi connectivity index (χ0v) is 10.3. The molecule has 0 radical (unpaired) electrons. The van der Waals surface area contributed by atoms with E-state index in [-0.39, 0.29) is 22.7 Å². The van der Waals surface area contributed by atoms with Crippen LogP contribution in [0.3, 0.4) is 0 Å². The zero-order valence-electron chi connectivity index (χ0n) is 7.94. The van der Waals surface area contributed by atoms with Crippen LogP contribution >= 0.6 is 27.5 Å². The van der Waals surface area contributed by atoms with Crippen LogP contribution < -0.4 is 0 Å². The summed E-state index contributed by atoms with van der Waals surface area (Å²) in [7, 11) is 0. The van der Waals surface area contributed by atoms with Crippen LogP contribution in [0.5, 0.6) is 0 Å². The Hall–Kier alpha value is -1.14. The van der Waals surface area contributed by atoms with Crippen LogP contribution in [0.4, 0.5) is 5.69 Å². The molecule has 1 aromatic rings. The van der Waals surface area contributed by atoms with Gasteiger partial charge in [0.25, 0.3) is 5.69 Å². The van der Waals surface area contributed by atoms with E-state index in [1.165, 1.54) is 12.1 Å². The van der Waals surface area contributed by atoms with E-state index in [2.05, 4.69) is 15.9 Å². The van der Waals surface area contributed by atoms with Crippen molar-refractivity contribution in [3.8, 4) is 0 Å². The molecule has 0 saturated heterocycles. The first kappa shape index (κ1) is 12.9. The van der Waals surface area contributed by atoms with Crippen LogP contribution in [0.2, 0.25) is 5.02 Å². The van der Waals surface area contributed by atoms with Crippen molar-refractivity contribution in [3.05, 3.63) is 38.4 Å². The fourth-order valence-electron chi connectivity index (χ4n) is 1.23. The second-order valence-corrected chi connectivity index (χ2v) is 3.98. The van der Waals surface area contributed by atoms with Gasteiger partial charge in [-0.3, -0.25) is 14.9 Å². The van der Waals surface area contributed by atoms with Crippen LogP contribution in [0.15, 0.2) is 12.1 Å². The largest absolute Gasteiger partial charge is 0.481 e. The monoisotopic (exact) mass is 307 g/mol. The Morgan fingerprint density at radius 3 is 2.50 bits per heavy atom. The lowest BCUT2D eigenvalue weighted by Gasteiger charge is -2.06. The van der Waals surface area contributed by atoms with Gasteiger partial charge in [-0.05, 0) is 11.1 Å². The minimum Gasteiger partial charge on any atom is -0.481 e. The molecule has 0 aliphatic heterocycles. The van der Waals surface area contributed by atoms with Gasteiger partial charge in [-0.1, -0.05) is 27.5 Å². The van der Waals surface area contributed by atoms with Gasteiger partial charge in [0, 0.05) is 22.5 Å². The van der Waals surface area contributed by atoms with Gasteiger partial charge in [0.2, 0.25) is 0 Å². The topological polar surface area (TPSA) is 80.4 Å². The Labute approximate surface area is 104 Å².